The summed E-state index contributed by atoms with van der Waals surface area (Å²) in [4.78, 5) is 9.05. The minimum absolute atomic E-state index is 0.491. The number of aromatic nitrogens is 2. The number of hydrogen-bond acceptors (Lipinski definition) is 4. The molecule has 0 aliphatic heterocycles. The van der Waals surface area contributed by atoms with Crippen LogP contribution >= 0.6 is 0 Å². The number of fused-ring (bicyclic) bond motifs is 1. The number of benzene rings is 1. The predicted molar refractivity (Wildman–Crippen MR) is 97.1 cm³/mol. The summed E-state index contributed by atoms with van der Waals surface area (Å²) < 4.78 is 6.03. The summed E-state index contributed by atoms with van der Waals surface area (Å²) in [7, 11) is 0. The number of rotatable bonds is 3. The van der Waals surface area contributed by atoms with E-state index in [1.165, 1.54) is 38.5 Å². The molecule has 1 aliphatic rings. The molecule has 2 aromatic heterocycles. The number of para-hydroxylation sites is 1. The summed E-state index contributed by atoms with van der Waals surface area (Å²) in [5, 5.41) is 4.77. The lowest BCUT2D eigenvalue weighted by Crippen LogP contribution is -2.20. The Balaban J connectivity index is 1.69. The first kappa shape index (κ1) is 15.2. The van der Waals surface area contributed by atoms with Gasteiger partial charge in [0.15, 0.2) is 0 Å². The van der Waals surface area contributed by atoms with E-state index in [0.29, 0.717) is 6.04 Å². The van der Waals surface area contributed by atoms with E-state index in [1.54, 1.807) is 0 Å². The second kappa shape index (κ2) is 6.63. The van der Waals surface area contributed by atoms with Crippen molar-refractivity contribution < 1.29 is 4.42 Å². The molecular weight excluding hydrogens is 298 g/mol. The molecule has 1 aromatic carbocycles. The Labute approximate surface area is 142 Å². The first-order valence-corrected chi connectivity index (χ1v) is 8.89. The number of nitrogens with zero attached hydrogens (tertiary/aromatic N) is 2. The van der Waals surface area contributed by atoms with Gasteiger partial charge >= 0.3 is 0 Å². The first-order valence-electron chi connectivity index (χ1n) is 8.89. The van der Waals surface area contributed by atoms with Gasteiger partial charge in [0.25, 0.3) is 0 Å². The predicted octanol–water partition coefficient (Wildman–Crippen LogP) is 5.33. The van der Waals surface area contributed by atoms with Crippen LogP contribution in [0.25, 0.3) is 22.3 Å². The van der Waals surface area contributed by atoms with Gasteiger partial charge < -0.3 is 9.73 Å². The van der Waals surface area contributed by atoms with E-state index in [1.807, 2.05) is 31.3 Å². The molecule has 1 N–H and O–H groups in total. The Morgan fingerprint density at radius 1 is 1.08 bits per heavy atom. The summed E-state index contributed by atoms with van der Waals surface area (Å²) in [5.41, 5.74) is 1.84. The van der Waals surface area contributed by atoms with Crippen LogP contribution in [0.1, 0.15) is 44.3 Å². The maximum atomic E-state index is 6.03. The van der Waals surface area contributed by atoms with Crippen LogP contribution in [0.2, 0.25) is 0 Å². The maximum absolute atomic E-state index is 6.03. The van der Waals surface area contributed by atoms with Gasteiger partial charge in [0, 0.05) is 17.6 Å². The summed E-state index contributed by atoms with van der Waals surface area (Å²) in [6, 6.07) is 10.6. The van der Waals surface area contributed by atoms with Gasteiger partial charge in [-0.2, -0.15) is 0 Å². The monoisotopic (exact) mass is 321 g/mol. The van der Waals surface area contributed by atoms with Gasteiger partial charge in [-0.25, -0.2) is 9.97 Å². The highest BCUT2D eigenvalue weighted by atomic mass is 16.3. The number of aryl methyl sites for hydroxylation is 1. The van der Waals surface area contributed by atoms with Crippen LogP contribution in [0.4, 0.5) is 5.82 Å². The molecule has 1 aliphatic carbocycles. The van der Waals surface area contributed by atoms with Crippen molar-refractivity contribution in [2.24, 2.45) is 0 Å². The lowest BCUT2D eigenvalue weighted by atomic mass is 10.1. The molecule has 1 saturated carbocycles. The first-order chi connectivity index (χ1) is 11.8. The molecule has 0 amide bonds. The minimum atomic E-state index is 0.491. The van der Waals surface area contributed by atoms with Gasteiger partial charge in [-0.15, -0.1) is 0 Å². The molecule has 2 heterocycles. The van der Waals surface area contributed by atoms with Gasteiger partial charge in [0.2, 0.25) is 0 Å². The van der Waals surface area contributed by atoms with Crippen molar-refractivity contribution >= 4 is 16.8 Å². The third-order valence-electron chi connectivity index (χ3n) is 4.80. The largest absolute Gasteiger partial charge is 0.456 e. The zero-order valence-electron chi connectivity index (χ0n) is 14.1. The topological polar surface area (TPSA) is 51.0 Å². The summed E-state index contributed by atoms with van der Waals surface area (Å²) in [5.74, 6) is 2.51. The van der Waals surface area contributed by atoms with E-state index in [9.17, 15) is 0 Å². The normalized spacial score (nSPS) is 16.2. The molecule has 3 aromatic rings. The Bertz CT molecular complexity index is 799. The fraction of sp³-hybridized carbons (Fsp3) is 0.400. The lowest BCUT2D eigenvalue weighted by molar-refractivity contribution is 0.613. The standard InChI is InChI=1S/C20H23N3O/c1-14-21-13-17(19-12-15-8-6-7-11-18(15)24-19)20(22-14)23-16-9-4-2-3-5-10-16/h6-8,11-13,16H,2-5,9-10H2,1H3,(H,21,22,23). The van der Waals surface area contributed by atoms with Gasteiger partial charge in [0.05, 0.1) is 5.56 Å². The maximum Gasteiger partial charge on any atom is 0.141 e. The smallest absolute Gasteiger partial charge is 0.141 e. The van der Waals surface area contributed by atoms with Gasteiger partial charge in [0.1, 0.15) is 23.0 Å². The fourth-order valence-electron chi connectivity index (χ4n) is 3.49. The Hall–Kier alpha value is -2.36. The Kier molecular flexibility index (Phi) is 4.20. The molecule has 4 rings (SSSR count). The fourth-order valence-corrected chi connectivity index (χ4v) is 3.49. The van der Waals surface area contributed by atoms with Crippen LogP contribution in [0.5, 0.6) is 0 Å². The molecule has 4 nitrogen and oxygen atoms in total. The zero-order valence-corrected chi connectivity index (χ0v) is 14.1. The molecule has 4 heteroatoms. The average molecular weight is 321 g/mol. The highest BCUT2D eigenvalue weighted by Gasteiger charge is 2.17. The van der Waals surface area contributed by atoms with E-state index in [4.69, 9.17) is 4.42 Å². The van der Waals surface area contributed by atoms with Crippen molar-refractivity contribution in [1.82, 2.24) is 9.97 Å². The molecule has 0 saturated heterocycles. The van der Waals surface area contributed by atoms with E-state index in [-0.39, 0.29) is 0 Å². The molecule has 0 bridgehead atoms. The molecular formula is C20H23N3O. The van der Waals surface area contributed by atoms with Crippen molar-refractivity contribution in [3.8, 4) is 11.3 Å². The van der Waals surface area contributed by atoms with E-state index >= 15 is 0 Å². The third-order valence-corrected chi connectivity index (χ3v) is 4.80. The highest BCUT2D eigenvalue weighted by molar-refractivity contribution is 5.85. The second-order valence-corrected chi connectivity index (χ2v) is 6.66. The van der Waals surface area contributed by atoms with E-state index < -0.39 is 0 Å². The minimum Gasteiger partial charge on any atom is -0.456 e. The van der Waals surface area contributed by atoms with Crippen LogP contribution in [-0.2, 0) is 0 Å². The van der Waals surface area contributed by atoms with Crippen LogP contribution in [0.15, 0.2) is 40.9 Å². The van der Waals surface area contributed by atoms with Gasteiger partial charge in [-0.1, -0.05) is 43.9 Å². The van der Waals surface area contributed by atoms with Crippen molar-refractivity contribution in [2.75, 3.05) is 5.32 Å². The lowest BCUT2D eigenvalue weighted by Gasteiger charge is -2.18. The van der Waals surface area contributed by atoms with Gasteiger partial charge in [-0.3, -0.25) is 0 Å². The SMILES string of the molecule is Cc1ncc(-c2cc3ccccc3o2)c(NC2CCCCCC2)n1. The van der Waals surface area contributed by atoms with Crippen LogP contribution in [-0.4, -0.2) is 16.0 Å². The molecule has 0 spiro atoms. The number of anilines is 1. The van der Waals surface area contributed by atoms with Gasteiger partial charge in [-0.05, 0) is 31.9 Å². The highest BCUT2D eigenvalue weighted by Crippen LogP contribution is 2.32. The van der Waals surface area contributed by atoms with Crippen molar-refractivity contribution in [1.29, 1.82) is 0 Å². The molecule has 24 heavy (non-hydrogen) atoms. The van der Waals surface area contributed by atoms with Crippen LogP contribution < -0.4 is 5.32 Å². The van der Waals surface area contributed by atoms with Crippen LogP contribution in [0.3, 0.4) is 0 Å². The quantitative estimate of drug-likeness (QED) is 0.662. The molecule has 0 radical (unpaired) electrons. The second-order valence-electron chi connectivity index (χ2n) is 6.66. The molecule has 1 fully saturated rings. The molecule has 0 atom stereocenters. The summed E-state index contributed by atoms with van der Waals surface area (Å²) in [6.07, 6.45) is 9.57. The number of furan rings is 1. The average Bonchev–Trinajstić information content (AvgIpc) is 2.85. The van der Waals surface area contributed by atoms with Crippen molar-refractivity contribution in [3.05, 3.63) is 42.4 Å². The number of nitrogens with one attached hydrogen (secondary N) is 1. The number of hydrogen-bond donors (Lipinski definition) is 1. The molecule has 0 unspecified atom stereocenters. The van der Waals surface area contributed by atoms with Crippen molar-refractivity contribution in [2.45, 2.75) is 51.5 Å². The Morgan fingerprint density at radius 2 is 1.88 bits per heavy atom. The van der Waals surface area contributed by atoms with E-state index in [2.05, 4.69) is 27.4 Å². The summed E-state index contributed by atoms with van der Waals surface area (Å²) in [6.45, 7) is 1.93. The van der Waals surface area contributed by atoms with Crippen LogP contribution in [0, 0.1) is 6.92 Å². The third kappa shape index (κ3) is 3.14. The van der Waals surface area contributed by atoms with E-state index in [0.717, 1.165) is 33.9 Å². The zero-order chi connectivity index (χ0) is 16.4. The van der Waals surface area contributed by atoms with Crippen molar-refractivity contribution in [3.63, 3.8) is 0 Å². The Morgan fingerprint density at radius 3 is 2.67 bits per heavy atom. The summed E-state index contributed by atoms with van der Waals surface area (Å²) >= 11 is 0. The molecule has 124 valence electrons.